The lowest BCUT2D eigenvalue weighted by Gasteiger charge is -2.13. The summed E-state index contributed by atoms with van der Waals surface area (Å²) in [6.07, 6.45) is 3.70. The Balaban J connectivity index is 2.65. The number of hydrogen-bond acceptors (Lipinski definition) is 4. The number of halogens is 1. The molecule has 0 unspecified atom stereocenters. The molecule has 1 aromatic heterocycles. The van der Waals surface area contributed by atoms with Gasteiger partial charge in [0, 0.05) is 12.1 Å². The predicted octanol–water partition coefficient (Wildman–Crippen LogP) is 2.36. The van der Waals surface area contributed by atoms with Crippen molar-refractivity contribution in [3.05, 3.63) is 35.4 Å². The molecule has 0 bridgehead atoms. The molecule has 0 fully saturated rings. The number of hydrogen-bond donors (Lipinski definition) is 0. The third-order valence-corrected chi connectivity index (χ3v) is 2.80. The summed E-state index contributed by atoms with van der Waals surface area (Å²) < 4.78 is 12.0. The molecule has 18 heavy (non-hydrogen) atoms. The highest BCUT2D eigenvalue weighted by atomic mass is 35.5. The Labute approximate surface area is 109 Å². The van der Waals surface area contributed by atoms with E-state index in [1.54, 1.807) is 16.7 Å². The second kappa shape index (κ2) is 5.10. The highest BCUT2D eigenvalue weighted by molar-refractivity contribution is 6.32. The monoisotopic (exact) mass is 266 g/mol. The van der Waals surface area contributed by atoms with Gasteiger partial charge in [0.1, 0.15) is 17.2 Å². The van der Waals surface area contributed by atoms with Crippen LogP contribution in [0.15, 0.2) is 24.7 Å². The van der Waals surface area contributed by atoms with Gasteiger partial charge in [-0.25, -0.2) is 4.98 Å². The Morgan fingerprint density at radius 2 is 2.00 bits per heavy atom. The van der Waals surface area contributed by atoms with Crippen LogP contribution in [0.2, 0.25) is 5.02 Å². The Bertz CT molecular complexity index is 581. The minimum absolute atomic E-state index is 0.415. The molecule has 0 N–H and O–H groups in total. The standard InChI is InChI=1S/C12H11ClN2O3/c1-17-11-4-10(12(18-2)3-9(11)13)15-7-14-5-8(15)6-16/h3-7H,1-2H3. The smallest absolute Gasteiger partial charge is 0.168 e. The molecule has 2 aromatic rings. The lowest BCUT2D eigenvalue weighted by atomic mass is 10.2. The van der Waals surface area contributed by atoms with Crippen molar-refractivity contribution < 1.29 is 14.3 Å². The Morgan fingerprint density at radius 1 is 1.28 bits per heavy atom. The summed E-state index contributed by atoms with van der Waals surface area (Å²) in [6, 6.07) is 3.32. The van der Waals surface area contributed by atoms with E-state index in [0.29, 0.717) is 34.2 Å². The molecule has 2 rings (SSSR count). The molecule has 5 nitrogen and oxygen atoms in total. The van der Waals surface area contributed by atoms with Crippen molar-refractivity contribution >= 4 is 17.9 Å². The molecule has 0 saturated carbocycles. The molecule has 0 spiro atoms. The molecule has 1 heterocycles. The van der Waals surface area contributed by atoms with E-state index in [4.69, 9.17) is 21.1 Å². The van der Waals surface area contributed by atoms with E-state index in [1.807, 2.05) is 0 Å². The number of benzene rings is 1. The van der Waals surface area contributed by atoms with E-state index < -0.39 is 0 Å². The van der Waals surface area contributed by atoms with Crippen LogP contribution >= 0.6 is 11.6 Å². The van der Waals surface area contributed by atoms with Gasteiger partial charge in [-0.15, -0.1) is 0 Å². The molecule has 0 aliphatic rings. The summed E-state index contributed by atoms with van der Waals surface area (Å²) in [5.74, 6) is 1.03. The average molecular weight is 267 g/mol. The fraction of sp³-hybridized carbons (Fsp3) is 0.167. The van der Waals surface area contributed by atoms with E-state index in [2.05, 4.69) is 4.98 Å². The van der Waals surface area contributed by atoms with Gasteiger partial charge in [-0.2, -0.15) is 0 Å². The third kappa shape index (κ3) is 2.04. The van der Waals surface area contributed by atoms with Crippen molar-refractivity contribution in [2.45, 2.75) is 0 Å². The zero-order valence-electron chi connectivity index (χ0n) is 9.88. The zero-order valence-corrected chi connectivity index (χ0v) is 10.6. The average Bonchev–Trinajstić information content (AvgIpc) is 2.86. The molecular weight excluding hydrogens is 256 g/mol. The van der Waals surface area contributed by atoms with Crippen LogP contribution in [0, 0.1) is 0 Å². The lowest BCUT2D eigenvalue weighted by Crippen LogP contribution is -2.01. The maximum atomic E-state index is 10.9. The number of ether oxygens (including phenoxy) is 2. The van der Waals surface area contributed by atoms with Crippen molar-refractivity contribution in [3.63, 3.8) is 0 Å². The van der Waals surface area contributed by atoms with Crippen LogP contribution in [-0.2, 0) is 0 Å². The fourth-order valence-electron chi connectivity index (χ4n) is 1.63. The van der Waals surface area contributed by atoms with Gasteiger partial charge in [0.05, 0.1) is 37.5 Å². The summed E-state index contributed by atoms with van der Waals surface area (Å²) in [4.78, 5) is 14.8. The van der Waals surface area contributed by atoms with Crippen LogP contribution in [0.5, 0.6) is 11.5 Å². The molecule has 6 heteroatoms. The van der Waals surface area contributed by atoms with Crippen molar-refractivity contribution in [2.24, 2.45) is 0 Å². The number of methoxy groups -OCH3 is 2. The first-order valence-electron chi connectivity index (χ1n) is 5.10. The number of rotatable bonds is 4. The van der Waals surface area contributed by atoms with E-state index in [1.165, 1.54) is 26.7 Å². The Kier molecular flexibility index (Phi) is 3.53. The largest absolute Gasteiger partial charge is 0.495 e. The topological polar surface area (TPSA) is 53.4 Å². The molecule has 94 valence electrons. The van der Waals surface area contributed by atoms with E-state index in [-0.39, 0.29) is 0 Å². The zero-order chi connectivity index (χ0) is 13.1. The number of carbonyl (C=O) groups is 1. The molecule has 0 atom stereocenters. The van der Waals surface area contributed by atoms with Gasteiger partial charge in [-0.1, -0.05) is 11.6 Å². The van der Waals surface area contributed by atoms with E-state index >= 15 is 0 Å². The first-order valence-corrected chi connectivity index (χ1v) is 5.48. The molecule has 0 aliphatic carbocycles. The summed E-state index contributed by atoms with van der Waals surface area (Å²) >= 11 is 6.02. The summed E-state index contributed by atoms with van der Waals surface area (Å²) in [6.45, 7) is 0. The Hall–Kier alpha value is -2.01. The number of nitrogens with zero attached hydrogens (tertiary/aromatic N) is 2. The SMILES string of the molecule is COc1cc(-n2cncc2C=O)c(OC)cc1Cl. The summed E-state index contributed by atoms with van der Waals surface area (Å²) in [7, 11) is 3.05. The maximum Gasteiger partial charge on any atom is 0.168 e. The van der Waals surface area contributed by atoms with Gasteiger partial charge >= 0.3 is 0 Å². The molecule has 0 amide bonds. The van der Waals surface area contributed by atoms with E-state index in [9.17, 15) is 4.79 Å². The van der Waals surface area contributed by atoms with Crippen LogP contribution in [0.25, 0.3) is 5.69 Å². The number of aromatic nitrogens is 2. The second-order valence-corrected chi connectivity index (χ2v) is 3.87. The van der Waals surface area contributed by atoms with Crippen LogP contribution in [0.4, 0.5) is 0 Å². The normalized spacial score (nSPS) is 10.2. The van der Waals surface area contributed by atoms with Gasteiger partial charge in [0.25, 0.3) is 0 Å². The van der Waals surface area contributed by atoms with Crippen molar-refractivity contribution in [1.82, 2.24) is 9.55 Å². The first kappa shape index (κ1) is 12.4. The van der Waals surface area contributed by atoms with Gasteiger partial charge < -0.3 is 9.47 Å². The van der Waals surface area contributed by atoms with Crippen molar-refractivity contribution in [1.29, 1.82) is 0 Å². The predicted molar refractivity (Wildman–Crippen MR) is 67.1 cm³/mol. The van der Waals surface area contributed by atoms with Crippen molar-refractivity contribution in [2.75, 3.05) is 14.2 Å². The van der Waals surface area contributed by atoms with Crippen LogP contribution in [0.3, 0.4) is 0 Å². The number of carbonyl (C=O) groups excluding carboxylic acids is 1. The molecule has 0 aliphatic heterocycles. The van der Waals surface area contributed by atoms with Crippen LogP contribution in [0.1, 0.15) is 10.5 Å². The van der Waals surface area contributed by atoms with Crippen molar-refractivity contribution in [3.8, 4) is 17.2 Å². The fourth-order valence-corrected chi connectivity index (χ4v) is 1.86. The highest BCUT2D eigenvalue weighted by Crippen LogP contribution is 2.34. The van der Waals surface area contributed by atoms with E-state index in [0.717, 1.165) is 0 Å². The summed E-state index contributed by atoms with van der Waals surface area (Å²) in [5, 5.41) is 0.436. The summed E-state index contributed by atoms with van der Waals surface area (Å²) in [5.41, 5.74) is 1.05. The molecule has 0 saturated heterocycles. The molecule has 0 radical (unpaired) electrons. The highest BCUT2D eigenvalue weighted by Gasteiger charge is 2.13. The molecular formula is C12H11ClN2O3. The van der Waals surface area contributed by atoms with Gasteiger partial charge in [-0.05, 0) is 0 Å². The minimum Gasteiger partial charge on any atom is -0.495 e. The van der Waals surface area contributed by atoms with Gasteiger partial charge in [0.2, 0.25) is 0 Å². The van der Waals surface area contributed by atoms with Gasteiger partial charge in [0.15, 0.2) is 6.29 Å². The van der Waals surface area contributed by atoms with Crippen LogP contribution in [-0.4, -0.2) is 30.1 Å². The Morgan fingerprint density at radius 3 is 2.61 bits per heavy atom. The minimum atomic E-state index is 0.415. The molecule has 1 aromatic carbocycles. The maximum absolute atomic E-state index is 10.9. The third-order valence-electron chi connectivity index (χ3n) is 2.50. The van der Waals surface area contributed by atoms with Crippen LogP contribution < -0.4 is 9.47 Å². The number of imidazole rings is 1. The van der Waals surface area contributed by atoms with Gasteiger partial charge in [-0.3, -0.25) is 9.36 Å². The second-order valence-electron chi connectivity index (χ2n) is 3.46. The quantitative estimate of drug-likeness (QED) is 0.797. The lowest BCUT2D eigenvalue weighted by molar-refractivity contribution is 0.111. The number of aldehydes is 1. The first-order chi connectivity index (χ1) is 8.71.